The molecule has 0 heterocycles. The van der Waals surface area contributed by atoms with E-state index in [0.29, 0.717) is 0 Å². The van der Waals surface area contributed by atoms with Gasteiger partial charge in [-0.1, -0.05) is 17.7 Å². The number of rotatable bonds is 1. The number of hydrogen-bond donors (Lipinski definition) is 0. The molecule has 0 bridgehead atoms. The van der Waals surface area contributed by atoms with Crippen LogP contribution in [-0.4, -0.2) is 12.5 Å². The largest absolute Gasteiger partial charge is 0.157 e. The highest BCUT2D eigenvalue weighted by atomic mass is 32.2. The Morgan fingerprint density at radius 1 is 1.09 bits per heavy atom. The average Bonchev–Trinajstić information content (AvgIpc) is 1.86. The van der Waals surface area contributed by atoms with E-state index in [1.54, 1.807) is 12.5 Å². The number of benzene rings is 1. The molecule has 0 N–H and O–H groups in total. The van der Waals surface area contributed by atoms with Gasteiger partial charge in [0.2, 0.25) is 0 Å². The summed E-state index contributed by atoms with van der Waals surface area (Å²) < 4.78 is 11.5. The van der Waals surface area contributed by atoms with Gasteiger partial charge in [-0.25, -0.2) is 0 Å². The molecule has 0 aliphatic carbocycles. The fourth-order valence-electron chi connectivity index (χ4n) is 0.866. The van der Waals surface area contributed by atoms with Crippen LogP contribution in [-0.2, 0) is 14.1 Å². The molecule has 0 saturated heterocycles. The Balaban J connectivity index is 3.09. The molecule has 0 aliphatic rings. The fraction of sp³-hybridized carbons (Fsp3) is 0.333. The maximum Gasteiger partial charge on any atom is 0.157 e. The molecule has 1 rings (SSSR count). The predicted molar refractivity (Wildman–Crippen MR) is 49.3 cm³/mol. The maximum atomic E-state index is 11.5. The van der Waals surface area contributed by atoms with Crippen LogP contribution < -0.4 is 0 Å². The lowest BCUT2D eigenvalue weighted by Gasteiger charge is -1.99. The Kier molecular flexibility index (Phi) is 2.14. The summed E-state index contributed by atoms with van der Waals surface area (Å²) in [4.78, 5) is 0.933. The summed E-state index contributed by atoms with van der Waals surface area (Å²) in [5.41, 5.74) is 1.21. The van der Waals surface area contributed by atoms with Crippen LogP contribution in [0.1, 0.15) is 5.56 Å². The zero-order chi connectivity index (χ0) is 8.48. The van der Waals surface area contributed by atoms with Gasteiger partial charge in [-0.05, 0) is 19.1 Å². The van der Waals surface area contributed by atoms with Gasteiger partial charge in [-0.3, -0.25) is 0 Å². The van der Waals surface area contributed by atoms with E-state index in [4.69, 9.17) is 0 Å². The van der Waals surface area contributed by atoms with Crippen molar-refractivity contribution in [1.82, 2.24) is 0 Å². The summed E-state index contributed by atoms with van der Waals surface area (Å²) in [6.07, 6.45) is 3.52. The van der Waals surface area contributed by atoms with Gasteiger partial charge in [-0.15, -0.1) is 4.21 Å². The van der Waals surface area contributed by atoms with Crippen molar-refractivity contribution in [3.05, 3.63) is 29.8 Å². The average molecular weight is 169 g/mol. The molecule has 1 nitrogen and oxygen atoms in total. The van der Waals surface area contributed by atoms with E-state index < -0.39 is 9.93 Å². The Labute approximate surface area is 68.9 Å². The van der Waals surface area contributed by atoms with E-state index in [9.17, 15) is 4.21 Å². The molecule has 11 heavy (non-hydrogen) atoms. The second-order valence-electron chi connectivity index (χ2n) is 3.05. The molecule has 60 valence electrons. The number of hydrogen-bond acceptors (Lipinski definition) is 1. The van der Waals surface area contributed by atoms with Gasteiger partial charge in [-0.2, -0.15) is 0 Å². The molecule has 0 radical (unpaired) electrons. The normalized spacial score (nSPS) is 11.5. The van der Waals surface area contributed by atoms with Gasteiger partial charge < -0.3 is 0 Å². The Hall–Kier alpha value is -0.630. The van der Waals surface area contributed by atoms with Crippen molar-refractivity contribution in [2.75, 3.05) is 12.5 Å². The predicted octanol–water partition coefficient (Wildman–Crippen LogP) is 2.11. The molecule has 1 aromatic carbocycles. The summed E-state index contributed by atoms with van der Waals surface area (Å²) >= 11 is 0. The van der Waals surface area contributed by atoms with Crippen LogP contribution >= 0.6 is 0 Å². The van der Waals surface area contributed by atoms with Gasteiger partial charge in [0, 0.05) is 0 Å². The molecule has 0 unspecified atom stereocenters. The molecule has 1 aromatic rings. The SMILES string of the molecule is Cc1ccc([S+](C)(C)=O)cc1. The molecule has 0 saturated carbocycles. The minimum absolute atomic E-state index is 0.933. The summed E-state index contributed by atoms with van der Waals surface area (Å²) in [5, 5.41) is 0. The zero-order valence-corrected chi connectivity index (χ0v) is 7.94. The summed E-state index contributed by atoms with van der Waals surface area (Å²) in [7, 11) is -1.77. The fourth-order valence-corrected chi connectivity index (χ4v) is 1.66. The van der Waals surface area contributed by atoms with Crippen LogP contribution in [0.15, 0.2) is 29.2 Å². The van der Waals surface area contributed by atoms with Crippen molar-refractivity contribution in [3.8, 4) is 0 Å². The quantitative estimate of drug-likeness (QED) is 0.588. The maximum absolute atomic E-state index is 11.5. The second-order valence-corrected chi connectivity index (χ2v) is 5.98. The summed E-state index contributed by atoms with van der Waals surface area (Å²) in [6.45, 7) is 2.02. The molecule has 0 atom stereocenters. The third-order valence-electron chi connectivity index (χ3n) is 1.59. The minimum Gasteiger partial charge on any atom is -0.100 e. The van der Waals surface area contributed by atoms with Crippen molar-refractivity contribution in [3.63, 3.8) is 0 Å². The molecule has 0 fully saturated rings. The van der Waals surface area contributed by atoms with Crippen LogP contribution in [0.3, 0.4) is 0 Å². The van der Waals surface area contributed by atoms with E-state index in [1.165, 1.54) is 5.56 Å². The van der Waals surface area contributed by atoms with Crippen LogP contribution in [0.2, 0.25) is 0 Å². The zero-order valence-electron chi connectivity index (χ0n) is 7.13. The lowest BCUT2D eigenvalue weighted by atomic mass is 10.2. The molecule has 0 aromatic heterocycles. The minimum atomic E-state index is -1.77. The highest BCUT2D eigenvalue weighted by Gasteiger charge is 2.15. The van der Waals surface area contributed by atoms with Crippen molar-refractivity contribution >= 4 is 9.93 Å². The standard InChI is InChI=1S/C9H13OS/c1-8-4-6-9(7-5-8)11(2,3)10/h4-7H,1-3H3/q+1. The lowest BCUT2D eigenvalue weighted by molar-refractivity contribution is 0.591. The van der Waals surface area contributed by atoms with Crippen LogP contribution in [0.5, 0.6) is 0 Å². The van der Waals surface area contributed by atoms with E-state index in [0.717, 1.165) is 4.90 Å². The summed E-state index contributed by atoms with van der Waals surface area (Å²) in [5.74, 6) is 0. The van der Waals surface area contributed by atoms with Crippen molar-refractivity contribution in [2.45, 2.75) is 11.8 Å². The van der Waals surface area contributed by atoms with E-state index in [-0.39, 0.29) is 0 Å². The van der Waals surface area contributed by atoms with Crippen molar-refractivity contribution < 1.29 is 4.21 Å². The molecule has 2 heteroatoms. The molecule has 0 amide bonds. The van der Waals surface area contributed by atoms with E-state index >= 15 is 0 Å². The lowest BCUT2D eigenvalue weighted by Crippen LogP contribution is -2.04. The van der Waals surface area contributed by atoms with Crippen LogP contribution in [0, 0.1) is 6.92 Å². The molecular weight excluding hydrogens is 156 g/mol. The molecule has 0 aliphatic heterocycles. The monoisotopic (exact) mass is 169 g/mol. The smallest absolute Gasteiger partial charge is 0.100 e. The third kappa shape index (κ3) is 2.15. The first kappa shape index (κ1) is 8.47. The number of aryl methyl sites for hydroxylation is 1. The first-order valence-electron chi connectivity index (χ1n) is 3.51. The van der Waals surface area contributed by atoms with Gasteiger partial charge >= 0.3 is 0 Å². The topological polar surface area (TPSA) is 17.1 Å². The van der Waals surface area contributed by atoms with Gasteiger partial charge in [0.05, 0.1) is 0 Å². The Morgan fingerprint density at radius 3 is 1.91 bits per heavy atom. The van der Waals surface area contributed by atoms with E-state index in [2.05, 4.69) is 0 Å². The highest BCUT2D eigenvalue weighted by Crippen LogP contribution is 2.13. The third-order valence-corrected chi connectivity index (χ3v) is 3.00. The van der Waals surface area contributed by atoms with Crippen LogP contribution in [0.4, 0.5) is 0 Å². The Morgan fingerprint density at radius 2 is 1.55 bits per heavy atom. The van der Waals surface area contributed by atoms with E-state index in [1.807, 2.05) is 31.2 Å². The van der Waals surface area contributed by atoms with Crippen LogP contribution in [0.25, 0.3) is 0 Å². The molecular formula is C9H13OS+. The molecule has 0 spiro atoms. The Bertz CT molecular complexity index is 281. The van der Waals surface area contributed by atoms with Gasteiger partial charge in [0.25, 0.3) is 0 Å². The van der Waals surface area contributed by atoms with Gasteiger partial charge in [0.15, 0.2) is 4.90 Å². The highest BCUT2D eigenvalue weighted by molar-refractivity contribution is 8.01. The summed E-state index contributed by atoms with van der Waals surface area (Å²) in [6, 6.07) is 7.83. The first-order chi connectivity index (χ1) is 5.00. The van der Waals surface area contributed by atoms with Crippen molar-refractivity contribution in [1.29, 1.82) is 0 Å². The van der Waals surface area contributed by atoms with Gasteiger partial charge in [0.1, 0.15) is 22.4 Å². The first-order valence-corrected chi connectivity index (χ1v) is 5.88. The van der Waals surface area contributed by atoms with Crippen molar-refractivity contribution in [2.24, 2.45) is 0 Å². The second kappa shape index (κ2) is 2.78.